The van der Waals surface area contributed by atoms with E-state index in [1.807, 2.05) is 5.38 Å². The van der Waals surface area contributed by atoms with E-state index in [4.69, 9.17) is 15.7 Å². The van der Waals surface area contributed by atoms with Crippen LogP contribution in [0.1, 0.15) is 17.8 Å². The molecule has 110 valence electrons. The van der Waals surface area contributed by atoms with Gasteiger partial charge in [-0.05, 0) is 12.8 Å². The average Bonchev–Trinajstić information content (AvgIpc) is 3.00. The Bertz CT molecular complexity index is 469. The van der Waals surface area contributed by atoms with Gasteiger partial charge in [0.15, 0.2) is 5.84 Å². The first-order valence-electron chi connectivity index (χ1n) is 6.41. The first kappa shape index (κ1) is 14.7. The second-order valence-corrected chi connectivity index (χ2v) is 5.59. The van der Waals surface area contributed by atoms with Gasteiger partial charge in [-0.3, -0.25) is 4.79 Å². The molecule has 4 N–H and O–H groups in total. The Kier molecular flexibility index (Phi) is 4.91. The maximum Gasteiger partial charge on any atom is 0.234 e. The molecule has 0 radical (unpaired) electrons. The fourth-order valence-corrected chi connectivity index (χ4v) is 2.86. The quantitative estimate of drug-likeness (QED) is 0.314. The number of carbonyl (C=O) groups excluding carboxylic acids is 1. The fraction of sp³-hybridized carbons (Fsp3) is 0.583. The van der Waals surface area contributed by atoms with E-state index in [9.17, 15) is 4.79 Å². The van der Waals surface area contributed by atoms with Crippen molar-refractivity contribution in [3.63, 3.8) is 0 Å². The van der Waals surface area contributed by atoms with Gasteiger partial charge in [0.05, 0.1) is 5.01 Å². The van der Waals surface area contributed by atoms with Crippen molar-refractivity contribution in [3.05, 3.63) is 16.6 Å². The smallest absolute Gasteiger partial charge is 0.234 e. The van der Waals surface area contributed by atoms with E-state index in [2.05, 4.69) is 15.5 Å². The third kappa shape index (κ3) is 3.07. The van der Waals surface area contributed by atoms with Crippen molar-refractivity contribution in [1.82, 2.24) is 10.3 Å². The molecule has 0 aliphatic carbocycles. The van der Waals surface area contributed by atoms with Gasteiger partial charge in [-0.15, -0.1) is 11.3 Å². The number of hydrogen-bond acceptors (Lipinski definition) is 6. The summed E-state index contributed by atoms with van der Waals surface area (Å²) in [6, 6.07) is 0. The average molecular weight is 298 g/mol. The third-order valence-electron chi connectivity index (χ3n) is 3.49. The summed E-state index contributed by atoms with van der Waals surface area (Å²) in [6.07, 6.45) is 3.25. The van der Waals surface area contributed by atoms with Crippen LogP contribution in [0, 0.1) is 5.41 Å². The van der Waals surface area contributed by atoms with Gasteiger partial charge in [0.1, 0.15) is 5.41 Å². The minimum atomic E-state index is -0.962. The molecule has 0 spiro atoms. The molecule has 8 heteroatoms. The highest BCUT2D eigenvalue weighted by Gasteiger charge is 2.44. The molecule has 0 atom stereocenters. The predicted octanol–water partition coefficient (Wildman–Crippen LogP) is 0.345. The van der Waals surface area contributed by atoms with Crippen LogP contribution in [0.5, 0.6) is 0 Å². The number of hydrogen-bond donors (Lipinski definition) is 3. The maximum absolute atomic E-state index is 12.4. The molecule has 1 aliphatic rings. The van der Waals surface area contributed by atoms with Crippen LogP contribution in [-0.4, -0.2) is 41.7 Å². The molecule has 0 saturated carbocycles. The molecule has 0 unspecified atom stereocenters. The van der Waals surface area contributed by atoms with E-state index >= 15 is 0 Å². The molecular formula is C12H18N4O3S. The first-order chi connectivity index (χ1) is 9.69. The maximum atomic E-state index is 12.4. The SMILES string of the molecule is NC(=NO)C1(C(=O)NCCc2nccs2)CCOCC1. The molecule has 1 aromatic rings. The van der Waals surface area contributed by atoms with Crippen LogP contribution < -0.4 is 11.1 Å². The molecule has 2 rings (SSSR count). The van der Waals surface area contributed by atoms with Gasteiger partial charge < -0.3 is 21.0 Å². The largest absolute Gasteiger partial charge is 0.409 e. The highest BCUT2D eigenvalue weighted by molar-refractivity contribution is 7.09. The molecule has 2 heterocycles. The molecular weight excluding hydrogens is 280 g/mol. The first-order valence-corrected chi connectivity index (χ1v) is 7.29. The van der Waals surface area contributed by atoms with Crippen molar-refractivity contribution in [3.8, 4) is 0 Å². The van der Waals surface area contributed by atoms with E-state index in [1.165, 1.54) is 0 Å². The number of thiazole rings is 1. The van der Waals surface area contributed by atoms with Crippen LogP contribution in [0.3, 0.4) is 0 Å². The van der Waals surface area contributed by atoms with Crippen molar-refractivity contribution in [2.24, 2.45) is 16.3 Å². The van der Waals surface area contributed by atoms with Crippen molar-refractivity contribution in [2.45, 2.75) is 19.3 Å². The van der Waals surface area contributed by atoms with Crippen LogP contribution in [0.25, 0.3) is 0 Å². The number of oxime groups is 1. The lowest BCUT2D eigenvalue weighted by Crippen LogP contribution is -2.53. The molecule has 1 aliphatic heterocycles. The second kappa shape index (κ2) is 6.67. The van der Waals surface area contributed by atoms with Crippen molar-refractivity contribution < 1.29 is 14.7 Å². The van der Waals surface area contributed by atoms with Gasteiger partial charge in [0.2, 0.25) is 5.91 Å². The van der Waals surface area contributed by atoms with Gasteiger partial charge >= 0.3 is 0 Å². The number of nitrogens with zero attached hydrogens (tertiary/aromatic N) is 2. The van der Waals surface area contributed by atoms with Crippen LogP contribution in [0.4, 0.5) is 0 Å². The van der Waals surface area contributed by atoms with Crippen LogP contribution in [0.2, 0.25) is 0 Å². The molecule has 1 saturated heterocycles. The lowest BCUT2D eigenvalue weighted by atomic mass is 9.78. The lowest BCUT2D eigenvalue weighted by molar-refractivity contribution is -0.131. The van der Waals surface area contributed by atoms with E-state index in [-0.39, 0.29) is 11.7 Å². The summed E-state index contributed by atoms with van der Waals surface area (Å²) in [5, 5.41) is 17.7. The van der Waals surface area contributed by atoms with Gasteiger partial charge in [-0.25, -0.2) is 4.98 Å². The summed E-state index contributed by atoms with van der Waals surface area (Å²) in [7, 11) is 0. The van der Waals surface area contributed by atoms with E-state index in [1.54, 1.807) is 17.5 Å². The summed E-state index contributed by atoms with van der Waals surface area (Å²) >= 11 is 1.55. The topological polar surface area (TPSA) is 110 Å². The molecule has 1 fully saturated rings. The van der Waals surface area contributed by atoms with Gasteiger partial charge in [0, 0.05) is 37.8 Å². The minimum Gasteiger partial charge on any atom is -0.409 e. The Morgan fingerprint density at radius 1 is 1.60 bits per heavy atom. The number of rotatable bonds is 5. The molecule has 0 bridgehead atoms. The second-order valence-electron chi connectivity index (χ2n) is 4.61. The molecule has 7 nitrogen and oxygen atoms in total. The summed E-state index contributed by atoms with van der Waals surface area (Å²) in [6.45, 7) is 1.33. The Balaban J connectivity index is 1.96. The number of nitrogens with two attached hydrogens (primary N) is 1. The Hall–Kier alpha value is -1.67. The molecule has 0 aromatic carbocycles. The fourth-order valence-electron chi connectivity index (χ4n) is 2.24. The highest BCUT2D eigenvalue weighted by atomic mass is 32.1. The van der Waals surface area contributed by atoms with Gasteiger partial charge in [-0.1, -0.05) is 5.16 Å². The van der Waals surface area contributed by atoms with Crippen molar-refractivity contribution >= 4 is 23.1 Å². The van der Waals surface area contributed by atoms with Gasteiger partial charge in [0.25, 0.3) is 0 Å². The Morgan fingerprint density at radius 3 is 2.95 bits per heavy atom. The summed E-state index contributed by atoms with van der Waals surface area (Å²) < 4.78 is 5.25. The van der Waals surface area contributed by atoms with Gasteiger partial charge in [-0.2, -0.15) is 0 Å². The van der Waals surface area contributed by atoms with E-state index in [0.717, 1.165) is 5.01 Å². The number of amides is 1. The zero-order valence-corrected chi connectivity index (χ0v) is 11.9. The van der Waals surface area contributed by atoms with Crippen molar-refractivity contribution in [2.75, 3.05) is 19.8 Å². The molecule has 1 amide bonds. The zero-order chi connectivity index (χ0) is 14.4. The Morgan fingerprint density at radius 2 is 2.35 bits per heavy atom. The standard InChI is InChI=1S/C12H18N4O3S/c13-10(16-18)12(2-6-19-7-3-12)11(17)15-4-1-9-14-5-8-20-9/h5,8,18H,1-4,6-7H2,(H2,13,16)(H,15,17). The monoisotopic (exact) mass is 298 g/mol. The summed E-state index contributed by atoms with van der Waals surface area (Å²) in [5.41, 5.74) is 4.76. The lowest BCUT2D eigenvalue weighted by Gasteiger charge is -2.34. The van der Waals surface area contributed by atoms with Crippen molar-refractivity contribution in [1.29, 1.82) is 0 Å². The Labute approximate surface area is 120 Å². The predicted molar refractivity (Wildman–Crippen MR) is 74.7 cm³/mol. The number of ether oxygens (including phenoxy) is 1. The molecule has 1 aromatic heterocycles. The van der Waals surface area contributed by atoms with E-state index in [0.29, 0.717) is 39.0 Å². The number of aromatic nitrogens is 1. The molecule has 20 heavy (non-hydrogen) atoms. The van der Waals surface area contributed by atoms with Crippen LogP contribution >= 0.6 is 11.3 Å². The number of carbonyl (C=O) groups is 1. The number of amidine groups is 1. The third-order valence-corrected chi connectivity index (χ3v) is 4.33. The normalized spacial score (nSPS) is 18.7. The zero-order valence-electron chi connectivity index (χ0n) is 11.0. The number of nitrogens with one attached hydrogen (secondary N) is 1. The summed E-state index contributed by atoms with van der Waals surface area (Å²) in [4.78, 5) is 16.5. The minimum absolute atomic E-state index is 0.0486. The highest BCUT2D eigenvalue weighted by Crippen LogP contribution is 2.31. The summed E-state index contributed by atoms with van der Waals surface area (Å²) in [5.74, 6) is -0.264. The van der Waals surface area contributed by atoms with Crippen LogP contribution in [-0.2, 0) is 16.0 Å². The van der Waals surface area contributed by atoms with E-state index < -0.39 is 5.41 Å². The van der Waals surface area contributed by atoms with Crippen LogP contribution in [0.15, 0.2) is 16.7 Å².